The van der Waals surface area contributed by atoms with Crippen LogP contribution in [0.2, 0.25) is 0 Å². The fourth-order valence-corrected chi connectivity index (χ4v) is 2.26. The second-order valence-corrected chi connectivity index (χ2v) is 5.97. The summed E-state index contributed by atoms with van der Waals surface area (Å²) in [5, 5.41) is 23.3. The number of ether oxygens (including phenoxy) is 1. The first kappa shape index (κ1) is 18.0. The van der Waals surface area contributed by atoms with Gasteiger partial charge in [0.05, 0.1) is 22.9 Å². The molecule has 10 heteroatoms. The fourth-order valence-electron chi connectivity index (χ4n) is 1.84. The van der Waals surface area contributed by atoms with E-state index in [-0.39, 0.29) is 5.69 Å². The van der Waals surface area contributed by atoms with E-state index >= 15 is 0 Å². The number of hydrogen-bond acceptors (Lipinski definition) is 8. The van der Waals surface area contributed by atoms with Gasteiger partial charge in [-0.3, -0.25) is 10.1 Å². The highest BCUT2D eigenvalue weighted by atomic mass is 32.2. The minimum atomic E-state index is -0.467. The molecular weight excluding hydrogens is 350 g/mol. The molecule has 0 unspecified atom stereocenters. The van der Waals surface area contributed by atoms with E-state index in [0.29, 0.717) is 33.9 Å². The molecule has 2 aromatic rings. The third-order valence-electron chi connectivity index (χ3n) is 2.94. The third-order valence-corrected chi connectivity index (χ3v) is 4.14. The summed E-state index contributed by atoms with van der Waals surface area (Å²) >= 11 is 6.63. The largest absolute Gasteiger partial charge is 0.476 e. The molecule has 2 rings (SSSR count). The number of azo groups is 1. The number of thioether (sulfide) groups is 1. The van der Waals surface area contributed by atoms with Crippen molar-refractivity contribution in [2.45, 2.75) is 13.8 Å². The van der Waals surface area contributed by atoms with Gasteiger partial charge < -0.3 is 4.74 Å². The molecule has 0 aliphatic carbocycles. The lowest BCUT2D eigenvalue weighted by atomic mass is 10.3. The summed E-state index contributed by atoms with van der Waals surface area (Å²) in [6.45, 7) is 4.07. The highest BCUT2D eigenvalue weighted by molar-refractivity contribution is 8.22. The van der Waals surface area contributed by atoms with E-state index in [4.69, 9.17) is 17.0 Å². The number of benzene rings is 1. The smallest absolute Gasteiger partial charge is 0.269 e. The zero-order valence-electron chi connectivity index (χ0n) is 13.3. The van der Waals surface area contributed by atoms with Crippen LogP contribution in [0.4, 0.5) is 17.1 Å². The predicted molar refractivity (Wildman–Crippen MR) is 96.9 cm³/mol. The normalized spacial score (nSPS) is 11.0. The summed E-state index contributed by atoms with van der Waals surface area (Å²) in [5.41, 5.74) is 1.59. The molecule has 0 bridgehead atoms. The molecular formula is C14H15N5O3S2. The van der Waals surface area contributed by atoms with Crippen LogP contribution in [-0.4, -0.2) is 31.9 Å². The molecule has 0 saturated heterocycles. The molecule has 0 aliphatic rings. The summed E-state index contributed by atoms with van der Waals surface area (Å²) in [6.07, 6.45) is 1.85. The van der Waals surface area contributed by atoms with E-state index in [1.54, 1.807) is 6.92 Å². The van der Waals surface area contributed by atoms with Crippen LogP contribution in [0.25, 0.3) is 0 Å². The van der Waals surface area contributed by atoms with Crippen molar-refractivity contribution < 1.29 is 9.66 Å². The van der Waals surface area contributed by atoms with Crippen LogP contribution in [0.3, 0.4) is 0 Å². The summed E-state index contributed by atoms with van der Waals surface area (Å²) in [5.74, 6) is 0.431. The van der Waals surface area contributed by atoms with Gasteiger partial charge in [-0.2, -0.15) is 14.9 Å². The van der Waals surface area contributed by atoms with Crippen LogP contribution < -0.4 is 4.74 Å². The molecule has 1 aromatic heterocycles. The minimum absolute atomic E-state index is 0.00160. The second kappa shape index (κ2) is 7.97. The summed E-state index contributed by atoms with van der Waals surface area (Å²) in [6, 6.07) is 5.79. The summed E-state index contributed by atoms with van der Waals surface area (Å²) in [7, 11) is 0. The van der Waals surface area contributed by atoms with Crippen molar-refractivity contribution in [3.63, 3.8) is 0 Å². The average molecular weight is 365 g/mol. The maximum absolute atomic E-state index is 10.7. The van der Waals surface area contributed by atoms with E-state index in [1.165, 1.54) is 40.7 Å². The molecule has 1 heterocycles. The van der Waals surface area contributed by atoms with Gasteiger partial charge in [-0.05, 0) is 32.2 Å². The Labute approximate surface area is 148 Å². The Morgan fingerprint density at radius 1 is 1.42 bits per heavy atom. The molecule has 0 radical (unpaired) electrons. The SMILES string of the molecule is CCOc1c(N=Nc2ccc([N+](=O)[O-])cc2)c(C)nn1C(=S)SC. The van der Waals surface area contributed by atoms with Crippen LogP contribution in [0.15, 0.2) is 34.5 Å². The topological polar surface area (TPSA) is 94.9 Å². The average Bonchev–Trinajstić information content (AvgIpc) is 2.89. The van der Waals surface area contributed by atoms with E-state index in [0.717, 1.165) is 0 Å². The molecule has 0 aliphatic heterocycles. The van der Waals surface area contributed by atoms with Crippen molar-refractivity contribution in [1.29, 1.82) is 0 Å². The molecule has 0 N–H and O–H groups in total. The van der Waals surface area contributed by atoms with Gasteiger partial charge in [0.1, 0.15) is 0 Å². The number of rotatable bonds is 5. The van der Waals surface area contributed by atoms with Gasteiger partial charge >= 0.3 is 0 Å². The molecule has 126 valence electrons. The molecule has 0 fully saturated rings. The van der Waals surface area contributed by atoms with Crippen molar-refractivity contribution in [2.24, 2.45) is 10.2 Å². The maximum atomic E-state index is 10.7. The van der Waals surface area contributed by atoms with Crippen molar-refractivity contribution in [3.8, 4) is 5.88 Å². The number of thiocarbonyl (C=S) groups is 1. The van der Waals surface area contributed by atoms with Crippen molar-refractivity contribution >= 4 is 45.4 Å². The minimum Gasteiger partial charge on any atom is -0.476 e. The lowest BCUT2D eigenvalue weighted by Gasteiger charge is -2.06. The first-order chi connectivity index (χ1) is 11.5. The monoisotopic (exact) mass is 365 g/mol. The summed E-state index contributed by atoms with van der Waals surface area (Å²) < 4.78 is 7.66. The van der Waals surface area contributed by atoms with Crippen LogP contribution in [0.5, 0.6) is 5.88 Å². The van der Waals surface area contributed by atoms with Crippen LogP contribution in [0.1, 0.15) is 12.6 Å². The Morgan fingerprint density at radius 3 is 2.62 bits per heavy atom. The molecule has 1 aromatic carbocycles. The molecule has 0 amide bonds. The number of nitro benzene ring substituents is 1. The van der Waals surface area contributed by atoms with Gasteiger partial charge in [-0.1, -0.05) is 24.0 Å². The maximum Gasteiger partial charge on any atom is 0.269 e. The first-order valence-corrected chi connectivity index (χ1v) is 8.58. The zero-order chi connectivity index (χ0) is 17.7. The van der Waals surface area contributed by atoms with Gasteiger partial charge in [0.2, 0.25) is 5.88 Å². The number of non-ortho nitro benzene ring substituents is 1. The molecule has 0 atom stereocenters. The Kier molecular flexibility index (Phi) is 5.99. The van der Waals surface area contributed by atoms with Crippen LogP contribution in [-0.2, 0) is 0 Å². The van der Waals surface area contributed by atoms with Gasteiger partial charge in [0, 0.05) is 12.1 Å². The lowest BCUT2D eigenvalue weighted by Crippen LogP contribution is -2.09. The van der Waals surface area contributed by atoms with Gasteiger partial charge in [-0.15, -0.1) is 5.11 Å². The third kappa shape index (κ3) is 3.95. The highest BCUT2D eigenvalue weighted by Crippen LogP contribution is 2.34. The number of nitro groups is 1. The number of aryl methyl sites for hydroxylation is 1. The second-order valence-electron chi connectivity index (χ2n) is 4.53. The Balaban J connectivity index is 2.35. The Hall–Kier alpha value is -2.33. The van der Waals surface area contributed by atoms with Gasteiger partial charge in [-0.25, -0.2) is 0 Å². The molecule has 24 heavy (non-hydrogen) atoms. The predicted octanol–water partition coefficient (Wildman–Crippen LogP) is 4.41. The van der Waals surface area contributed by atoms with Crippen LogP contribution >= 0.6 is 24.0 Å². The van der Waals surface area contributed by atoms with Crippen molar-refractivity contribution in [1.82, 2.24) is 9.78 Å². The fraction of sp³-hybridized carbons (Fsp3) is 0.286. The van der Waals surface area contributed by atoms with E-state index in [1.807, 2.05) is 13.2 Å². The molecule has 8 nitrogen and oxygen atoms in total. The Morgan fingerprint density at radius 2 is 2.08 bits per heavy atom. The highest BCUT2D eigenvalue weighted by Gasteiger charge is 2.19. The van der Waals surface area contributed by atoms with E-state index in [2.05, 4.69) is 15.3 Å². The van der Waals surface area contributed by atoms with Gasteiger partial charge in [0.25, 0.3) is 5.69 Å². The molecule has 0 saturated carbocycles. The number of aromatic nitrogens is 2. The van der Waals surface area contributed by atoms with E-state index < -0.39 is 4.92 Å². The number of nitrogens with zero attached hydrogens (tertiary/aromatic N) is 5. The zero-order valence-corrected chi connectivity index (χ0v) is 14.9. The Bertz CT molecular complexity index is 786. The van der Waals surface area contributed by atoms with E-state index in [9.17, 15) is 10.1 Å². The quantitative estimate of drug-likeness (QED) is 0.337. The molecule has 0 spiro atoms. The van der Waals surface area contributed by atoms with Crippen molar-refractivity contribution in [2.75, 3.05) is 12.9 Å². The number of hydrogen-bond donors (Lipinski definition) is 0. The summed E-state index contributed by atoms with van der Waals surface area (Å²) in [4.78, 5) is 10.2. The van der Waals surface area contributed by atoms with Gasteiger partial charge in [0.15, 0.2) is 10.0 Å². The first-order valence-electron chi connectivity index (χ1n) is 6.94. The van der Waals surface area contributed by atoms with Crippen LogP contribution in [0, 0.1) is 17.0 Å². The standard InChI is InChI=1S/C14H15N5O3S2/c1-4-22-13-12(9(2)17-18(13)14(23)24-3)16-15-10-5-7-11(8-6-10)19(20)21/h5-8H,4H2,1-3H3. The van der Waals surface area contributed by atoms with Crippen molar-refractivity contribution in [3.05, 3.63) is 40.1 Å². The lowest BCUT2D eigenvalue weighted by molar-refractivity contribution is -0.384.